The maximum Gasteiger partial charge on any atom is 0.203 e. The van der Waals surface area contributed by atoms with Gasteiger partial charge in [0, 0.05) is 5.25 Å². The summed E-state index contributed by atoms with van der Waals surface area (Å²) in [5, 5.41) is 18.2. The smallest absolute Gasteiger partial charge is 0.203 e. The van der Waals surface area contributed by atoms with Gasteiger partial charge in [-0.25, -0.2) is 0 Å². The second-order valence-electron chi connectivity index (χ2n) is 3.41. The van der Waals surface area contributed by atoms with Crippen molar-refractivity contribution in [1.82, 2.24) is 10.2 Å². The third-order valence-electron chi connectivity index (χ3n) is 2.34. The minimum Gasteiger partial charge on any atom is -0.392 e. The van der Waals surface area contributed by atoms with Crippen LogP contribution in [-0.4, -0.2) is 26.7 Å². The Morgan fingerprint density at radius 1 is 1.36 bits per heavy atom. The number of thioether (sulfide) groups is 1. The lowest BCUT2D eigenvalue weighted by Gasteiger charge is -2.25. The van der Waals surface area contributed by atoms with Crippen molar-refractivity contribution in [3.05, 3.63) is 0 Å². The molecule has 2 atom stereocenters. The summed E-state index contributed by atoms with van der Waals surface area (Å²) in [4.78, 5) is 0. The van der Waals surface area contributed by atoms with E-state index in [4.69, 9.17) is 5.73 Å². The monoisotopic (exact) mass is 231 g/mol. The van der Waals surface area contributed by atoms with Crippen LogP contribution in [0.1, 0.15) is 25.7 Å². The molecule has 1 aromatic heterocycles. The van der Waals surface area contributed by atoms with Crippen LogP contribution in [0.4, 0.5) is 5.13 Å². The highest BCUT2D eigenvalue weighted by molar-refractivity contribution is 8.01. The highest BCUT2D eigenvalue weighted by Gasteiger charge is 2.25. The van der Waals surface area contributed by atoms with Crippen LogP contribution in [0.5, 0.6) is 0 Å². The number of hydrogen-bond acceptors (Lipinski definition) is 6. The van der Waals surface area contributed by atoms with Gasteiger partial charge in [-0.3, -0.25) is 0 Å². The van der Waals surface area contributed by atoms with Crippen LogP contribution in [0.15, 0.2) is 4.34 Å². The first-order valence-electron chi connectivity index (χ1n) is 4.69. The van der Waals surface area contributed by atoms with Crippen molar-refractivity contribution in [2.75, 3.05) is 5.73 Å². The lowest BCUT2D eigenvalue weighted by molar-refractivity contribution is 0.137. The summed E-state index contributed by atoms with van der Waals surface area (Å²) in [6.07, 6.45) is 4.11. The largest absolute Gasteiger partial charge is 0.392 e. The van der Waals surface area contributed by atoms with Crippen LogP contribution >= 0.6 is 23.1 Å². The van der Waals surface area contributed by atoms with Gasteiger partial charge in [-0.1, -0.05) is 35.9 Å². The zero-order valence-electron chi connectivity index (χ0n) is 7.72. The highest BCUT2D eigenvalue weighted by Crippen LogP contribution is 2.35. The summed E-state index contributed by atoms with van der Waals surface area (Å²) >= 11 is 3.00. The number of anilines is 1. The summed E-state index contributed by atoms with van der Waals surface area (Å²) < 4.78 is 0.869. The number of aromatic nitrogens is 2. The Morgan fingerprint density at radius 3 is 2.79 bits per heavy atom. The van der Waals surface area contributed by atoms with Gasteiger partial charge in [0.25, 0.3) is 0 Å². The van der Waals surface area contributed by atoms with Crippen LogP contribution in [0, 0.1) is 0 Å². The van der Waals surface area contributed by atoms with E-state index in [2.05, 4.69) is 10.2 Å². The average Bonchev–Trinajstić information content (AvgIpc) is 2.56. The van der Waals surface area contributed by atoms with E-state index in [-0.39, 0.29) is 11.4 Å². The third-order valence-corrected chi connectivity index (χ3v) is 4.56. The topological polar surface area (TPSA) is 72.0 Å². The molecule has 1 aromatic rings. The lowest BCUT2D eigenvalue weighted by atomic mass is 9.97. The molecule has 0 radical (unpaired) electrons. The zero-order chi connectivity index (χ0) is 9.97. The van der Waals surface area contributed by atoms with Crippen molar-refractivity contribution in [2.24, 2.45) is 0 Å². The molecule has 0 unspecified atom stereocenters. The fourth-order valence-corrected chi connectivity index (χ4v) is 3.70. The van der Waals surface area contributed by atoms with Crippen molar-refractivity contribution >= 4 is 28.2 Å². The van der Waals surface area contributed by atoms with Crippen molar-refractivity contribution in [1.29, 1.82) is 0 Å². The number of aliphatic hydroxyl groups excluding tert-OH is 1. The molecule has 1 fully saturated rings. The van der Waals surface area contributed by atoms with Gasteiger partial charge < -0.3 is 10.8 Å². The van der Waals surface area contributed by atoms with Gasteiger partial charge in [0.1, 0.15) is 0 Å². The second kappa shape index (κ2) is 4.46. The Bertz CT molecular complexity index is 305. The first kappa shape index (κ1) is 10.2. The van der Waals surface area contributed by atoms with Crippen LogP contribution in [0.25, 0.3) is 0 Å². The zero-order valence-corrected chi connectivity index (χ0v) is 9.35. The van der Waals surface area contributed by atoms with E-state index in [1.165, 1.54) is 17.8 Å². The molecule has 2 rings (SSSR count). The normalized spacial score (nSPS) is 27.8. The molecule has 0 spiro atoms. The lowest BCUT2D eigenvalue weighted by Crippen LogP contribution is -2.26. The first-order chi connectivity index (χ1) is 6.75. The molecule has 3 N–H and O–H groups in total. The van der Waals surface area contributed by atoms with Crippen molar-refractivity contribution in [3.8, 4) is 0 Å². The number of rotatable bonds is 2. The summed E-state index contributed by atoms with van der Waals surface area (Å²) in [7, 11) is 0. The van der Waals surface area contributed by atoms with Gasteiger partial charge in [-0.15, -0.1) is 10.2 Å². The second-order valence-corrected chi connectivity index (χ2v) is 5.91. The van der Waals surface area contributed by atoms with Crippen molar-refractivity contribution in [3.63, 3.8) is 0 Å². The first-order valence-corrected chi connectivity index (χ1v) is 6.39. The minimum atomic E-state index is -0.195. The molecular formula is C8H13N3OS2. The van der Waals surface area contributed by atoms with Gasteiger partial charge >= 0.3 is 0 Å². The maximum atomic E-state index is 9.74. The molecular weight excluding hydrogens is 218 g/mol. The number of hydrogen-bond donors (Lipinski definition) is 2. The predicted molar refractivity (Wildman–Crippen MR) is 58.4 cm³/mol. The number of nitrogens with zero attached hydrogens (tertiary/aromatic N) is 2. The van der Waals surface area contributed by atoms with E-state index in [9.17, 15) is 5.11 Å². The minimum absolute atomic E-state index is 0.195. The Morgan fingerprint density at radius 2 is 2.14 bits per heavy atom. The molecule has 1 aliphatic rings. The Labute approximate surface area is 90.9 Å². The summed E-state index contributed by atoms with van der Waals surface area (Å²) in [6.45, 7) is 0. The molecule has 78 valence electrons. The molecule has 0 saturated heterocycles. The fourth-order valence-electron chi connectivity index (χ4n) is 1.61. The molecule has 0 aliphatic heterocycles. The molecule has 0 amide bonds. The van der Waals surface area contributed by atoms with E-state index in [1.54, 1.807) is 11.8 Å². The number of nitrogen functional groups attached to an aromatic ring is 1. The summed E-state index contributed by atoms with van der Waals surface area (Å²) in [5.74, 6) is 0. The number of aliphatic hydroxyl groups is 1. The van der Waals surface area contributed by atoms with Crippen LogP contribution in [-0.2, 0) is 0 Å². The standard InChI is InChI=1S/C8H13N3OS2/c9-7-10-11-8(14-7)13-6-4-2-1-3-5(6)12/h5-6,12H,1-4H2,(H2,9,10)/t5-,6-/m1/s1. The van der Waals surface area contributed by atoms with E-state index in [0.717, 1.165) is 23.6 Å². The Balaban J connectivity index is 1.95. The molecule has 1 heterocycles. The quantitative estimate of drug-likeness (QED) is 0.807. The van der Waals surface area contributed by atoms with Gasteiger partial charge in [-0.2, -0.15) is 0 Å². The summed E-state index contributed by atoms with van der Waals surface area (Å²) in [6, 6.07) is 0. The van der Waals surface area contributed by atoms with Gasteiger partial charge in [-0.05, 0) is 12.8 Å². The molecule has 4 nitrogen and oxygen atoms in total. The fraction of sp³-hybridized carbons (Fsp3) is 0.750. The molecule has 6 heteroatoms. The molecule has 1 saturated carbocycles. The maximum absolute atomic E-state index is 9.74. The molecule has 0 bridgehead atoms. The van der Waals surface area contributed by atoms with Crippen LogP contribution < -0.4 is 5.73 Å². The third kappa shape index (κ3) is 2.37. The average molecular weight is 231 g/mol. The number of nitrogens with two attached hydrogens (primary N) is 1. The van der Waals surface area contributed by atoms with Crippen LogP contribution in [0.3, 0.4) is 0 Å². The van der Waals surface area contributed by atoms with Crippen LogP contribution in [0.2, 0.25) is 0 Å². The van der Waals surface area contributed by atoms with E-state index in [0.29, 0.717) is 5.13 Å². The van der Waals surface area contributed by atoms with Crippen molar-refractivity contribution in [2.45, 2.75) is 41.4 Å². The van der Waals surface area contributed by atoms with E-state index >= 15 is 0 Å². The SMILES string of the molecule is Nc1nnc(S[C@@H]2CCCC[C@H]2O)s1. The molecule has 0 aromatic carbocycles. The van der Waals surface area contributed by atoms with E-state index in [1.807, 2.05) is 0 Å². The van der Waals surface area contributed by atoms with E-state index < -0.39 is 0 Å². The summed E-state index contributed by atoms with van der Waals surface area (Å²) in [5.41, 5.74) is 5.49. The Kier molecular flexibility index (Phi) is 3.25. The molecule has 14 heavy (non-hydrogen) atoms. The Hall–Kier alpha value is -0.330. The predicted octanol–water partition coefficient (Wildman–Crippen LogP) is 1.52. The van der Waals surface area contributed by atoms with Gasteiger partial charge in [0.2, 0.25) is 5.13 Å². The van der Waals surface area contributed by atoms with Gasteiger partial charge in [0.05, 0.1) is 6.10 Å². The van der Waals surface area contributed by atoms with Gasteiger partial charge in [0.15, 0.2) is 4.34 Å². The highest BCUT2D eigenvalue weighted by atomic mass is 32.2. The van der Waals surface area contributed by atoms with Crippen molar-refractivity contribution < 1.29 is 5.11 Å². The molecule has 1 aliphatic carbocycles.